The molecule has 12 heavy (non-hydrogen) atoms. The van der Waals surface area contributed by atoms with Gasteiger partial charge in [0.15, 0.2) is 6.29 Å². The number of ether oxygens (including phenoxy) is 1. The molecule has 0 aromatic carbocycles. The van der Waals surface area contributed by atoms with Crippen LogP contribution in [0.3, 0.4) is 0 Å². The first-order valence-electron chi connectivity index (χ1n) is 3.56. The highest BCUT2D eigenvalue weighted by Gasteiger charge is 2.42. The van der Waals surface area contributed by atoms with Gasteiger partial charge in [0.2, 0.25) is 0 Å². The Balaban J connectivity index is 2.63. The molecular weight excluding hydrogens is 169 g/mol. The molecular formula is C6H12O6. The molecule has 0 saturated carbocycles. The van der Waals surface area contributed by atoms with Gasteiger partial charge in [-0.25, -0.2) is 0 Å². The molecule has 0 radical (unpaired) electrons. The van der Waals surface area contributed by atoms with Crippen LogP contribution in [-0.4, -0.2) is 62.8 Å². The number of hydrogen-bond acceptors (Lipinski definition) is 6. The zero-order chi connectivity index (χ0) is 9.30. The number of aliphatic hydroxyl groups excluding tert-OH is 5. The van der Waals surface area contributed by atoms with E-state index in [4.69, 9.17) is 25.5 Å². The first-order chi connectivity index (χ1) is 5.57. The highest BCUT2D eigenvalue weighted by Crippen LogP contribution is 2.18. The van der Waals surface area contributed by atoms with Gasteiger partial charge < -0.3 is 30.3 Å². The Morgan fingerprint density at radius 1 is 0.917 bits per heavy atom. The van der Waals surface area contributed by atoms with Crippen LogP contribution in [0.4, 0.5) is 0 Å². The molecule has 1 fully saturated rings. The van der Waals surface area contributed by atoms with E-state index in [0.29, 0.717) is 0 Å². The highest BCUT2D eigenvalue weighted by molar-refractivity contribution is 4.87. The molecule has 5 N–H and O–H groups in total. The Morgan fingerprint density at radius 3 is 2.00 bits per heavy atom. The largest absolute Gasteiger partial charge is 0.394 e. The van der Waals surface area contributed by atoms with Crippen molar-refractivity contribution < 1.29 is 30.3 Å². The third-order valence-electron chi connectivity index (χ3n) is 1.87. The van der Waals surface area contributed by atoms with Crippen molar-refractivity contribution in [2.24, 2.45) is 0 Å². The average molecular weight is 181 g/mol. The van der Waals surface area contributed by atoms with E-state index in [1.165, 1.54) is 0 Å². The van der Waals surface area contributed by atoms with Crippen LogP contribution in [-0.2, 0) is 4.74 Å². The second-order valence-corrected chi connectivity index (χ2v) is 2.72. The average Bonchev–Trinajstić information content (AvgIpc) is 2.08. The molecule has 0 bridgehead atoms. The van der Waals surface area contributed by atoms with Crippen LogP contribution < -0.4 is 0 Å². The topological polar surface area (TPSA) is 110 Å². The molecule has 0 aliphatic carbocycles. The van der Waals surface area contributed by atoms with E-state index < -0.39 is 37.3 Å². The van der Waals surface area contributed by atoms with E-state index in [0.717, 1.165) is 0 Å². The normalized spacial score (nSPS) is 49.2. The van der Waals surface area contributed by atoms with Crippen LogP contribution in [0, 0.1) is 0 Å². The summed E-state index contributed by atoms with van der Waals surface area (Å²) in [6.45, 7) is -0.526. The summed E-state index contributed by atoms with van der Waals surface area (Å²) in [7, 11) is 0. The van der Waals surface area contributed by atoms with Gasteiger partial charge in [-0.05, 0) is 0 Å². The van der Waals surface area contributed by atoms with Gasteiger partial charge in [-0.3, -0.25) is 0 Å². The van der Waals surface area contributed by atoms with Crippen molar-refractivity contribution in [3.8, 4) is 0 Å². The van der Waals surface area contributed by atoms with E-state index >= 15 is 0 Å². The van der Waals surface area contributed by atoms with Crippen molar-refractivity contribution in [3.63, 3.8) is 0 Å². The fraction of sp³-hybridized carbons (Fsp3) is 1.00. The van der Waals surface area contributed by atoms with Gasteiger partial charge in [0, 0.05) is 0 Å². The zero-order valence-corrected chi connectivity index (χ0v) is 6.24. The standard InChI is InChI=1S/C6H12O6/c7-1-2-3(8)4(9)5(10)6(11)12-2/h2-11H,1H2/t2-,3-,4+,5+,6?/m1/s1/i2+1. The van der Waals surface area contributed by atoms with Gasteiger partial charge in [0.1, 0.15) is 24.4 Å². The lowest BCUT2D eigenvalue weighted by Gasteiger charge is -2.37. The Kier molecular flexibility index (Phi) is 2.99. The number of rotatable bonds is 1. The molecule has 1 unspecified atom stereocenters. The van der Waals surface area contributed by atoms with Crippen LogP contribution in [0.1, 0.15) is 0 Å². The summed E-state index contributed by atoms with van der Waals surface area (Å²) >= 11 is 0. The van der Waals surface area contributed by atoms with E-state index in [9.17, 15) is 0 Å². The van der Waals surface area contributed by atoms with E-state index in [-0.39, 0.29) is 0 Å². The molecule has 1 aliphatic heterocycles. The predicted molar refractivity (Wildman–Crippen MR) is 36.0 cm³/mol. The third-order valence-corrected chi connectivity index (χ3v) is 1.87. The van der Waals surface area contributed by atoms with Crippen molar-refractivity contribution in [2.75, 3.05) is 6.61 Å². The lowest BCUT2D eigenvalue weighted by molar-refractivity contribution is -0.286. The maximum Gasteiger partial charge on any atom is 0.184 e. The molecule has 6 nitrogen and oxygen atoms in total. The lowest BCUT2D eigenvalue weighted by atomic mass is 10.1. The van der Waals surface area contributed by atoms with Gasteiger partial charge in [-0.15, -0.1) is 0 Å². The molecule has 0 amide bonds. The minimum absolute atomic E-state index is 0.526. The summed E-state index contributed by atoms with van der Waals surface area (Å²) in [5.41, 5.74) is 0. The second kappa shape index (κ2) is 3.65. The highest BCUT2D eigenvalue weighted by atomic mass is 16.7. The summed E-state index contributed by atoms with van der Waals surface area (Å²) < 4.78 is 4.58. The molecule has 6 heteroatoms. The lowest BCUT2D eigenvalue weighted by Crippen LogP contribution is -2.58. The van der Waals surface area contributed by atoms with E-state index in [1.54, 1.807) is 0 Å². The van der Waals surface area contributed by atoms with Crippen LogP contribution in [0.25, 0.3) is 0 Å². The predicted octanol–water partition coefficient (Wildman–Crippen LogP) is -3.22. The minimum Gasteiger partial charge on any atom is -0.394 e. The third kappa shape index (κ3) is 1.58. The van der Waals surface area contributed by atoms with Crippen LogP contribution >= 0.6 is 0 Å². The molecule has 1 aliphatic rings. The summed E-state index contributed by atoms with van der Waals surface area (Å²) in [4.78, 5) is 0. The Hall–Kier alpha value is -0.240. The van der Waals surface area contributed by atoms with Gasteiger partial charge in [-0.1, -0.05) is 0 Å². The molecule has 1 saturated heterocycles. The van der Waals surface area contributed by atoms with Crippen LogP contribution in [0.15, 0.2) is 0 Å². The van der Waals surface area contributed by atoms with Crippen molar-refractivity contribution >= 4 is 0 Å². The minimum atomic E-state index is -1.57. The molecule has 5 atom stereocenters. The van der Waals surface area contributed by atoms with E-state index in [1.807, 2.05) is 0 Å². The fourth-order valence-electron chi connectivity index (χ4n) is 1.08. The molecule has 1 heterocycles. The Morgan fingerprint density at radius 2 is 1.50 bits per heavy atom. The summed E-state index contributed by atoms with van der Waals surface area (Å²) in [5, 5.41) is 44.7. The van der Waals surface area contributed by atoms with Crippen LogP contribution in [0.5, 0.6) is 0 Å². The molecule has 0 spiro atoms. The number of aliphatic hydroxyl groups is 5. The van der Waals surface area contributed by atoms with Crippen LogP contribution in [0.2, 0.25) is 0 Å². The van der Waals surface area contributed by atoms with Crippen molar-refractivity contribution in [1.29, 1.82) is 0 Å². The molecule has 0 aromatic rings. The second-order valence-electron chi connectivity index (χ2n) is 2.72. The van der Waals surface area contributed by atoms with Crippen molar-refractivity contribution in [3.05, 3.63) is 0 Å². The van der Waals surface area contributed by atoms with Gasteiger partial charge in [0.05, 0.1) is 6.61 Å². The fourth-order valence-corrected chi connectivity index (χ4v) is 1.08. The summed E-state index contributed by atoms with van der Waals surface area (Å²) in [6, 6.07) is 0. The quantitative estimate of drug-likeness (QED) is 0.272. The SMILES string of the molecule is OC[13C@H]1OC(O)[C@@H](O)[C@@H](O)[C@@H]1O. The maximum absolute atomic E-state index is 9.12. The van der Waals surface area contributed by atoms with Crippen molar-refractivity contribution in [1.82, 2.24) is 0 Å². The Labute approximate surface area is 68.6 Å². The summed E-state index contributed by atoms with van der Waals surface area (Å²) in [6.07, 6.45) is -7.04. The monoisotopic (exact) mass is 181 g/mol. The van der Waals surface area contributed by atoms with Crippen molar-refractivity contribution in [2.45, 2.75) is 30.7 Å². The van der Waals surface area contributed by atoms with E-state index in [2.05, 4.69) is 4.74 Å². The molecule has 1 rings (SSSR count). The first kappa shape index (κ1) is 9.85. The first-order valence-corrected chi connectivity index (χ1v) is 3.56. The Bertz CT molecular complexity index is 146. The zero-order valence-electron chi connectivity index (χ0n) is 6.24. The molecule has 72 valence electrons. The molecule has 0 aromatic heterocycles. The van der Waals surface area contributed by atoms with Gasteiger partial charge in [-0.2, -0.15) is 0 Å². The van der Waals surface area contributed by atoms with Gasteiger partial charge >= 0.3 is 0 Å². The number of hydrogen-bond donors (Lipinski definition) is 5. The van der Waals surface area contributed by atoms with Gasteiger partial charge in [0.25, 0.3) is 0 Å². The smallest absolute Gasteiger partial charge is 0.184 e. The summed E-state index contributed by atoms with van der Waals surface area (Å²) in [5.74, 6) is 0. The maximum atomic E-state index is 9.12.